The Bertz CT molecular complexity index is 854. The molecule has 6 nitrogen and oxygen atoms in total. The quantitative estimate of drug-likeness (QED) is 0.690. The highest BCUT2D eigenvalue weighted by molar-refractivity contribution is 7.15. The summed E-state index contributed by atoms with van der Waals surface area (Å²) >= 11 is 1.39. The molecular weight excluding hydrogens is 341 g/mol. The van der Waals surface area contributed by atoms with Gasteiger partial charge in [0.15, 0.2) is 0 Å². The molecule has 0 atom stereocenters. The van der Waals surface area contributed by atoms with Crippen LogP contribution in [0.1, 0.15) is 48.0 Å². The SMILES string of the molecule is CCC(CC)c1nnc(NC(=O)c2cn[nH]c2-c2ccc(F)cc2)s1. The molecule has 0 aliphatic rings. The summed E-state index contributed by atoms with van der Waals surface area (Å²) in [5.74, 6) is -0.316. The molecule has 1 aromatic carbocycles. The van der Waals surface area contributed by atoms with Crippen molar-refractivity contribution in [2.75, 3.05) is 5.32 Å². The minimum Gasteiger partial charge on any atom is -0.296 e. The number of H-pyrrole nitrogens is 1. The summed E-state index contributed by atoms with van der Waals surface area (Å²) in [6, 6.07) is 5.86. The van der Waals surface area contributed by atoms with Crippen LogP contribution in [-0.4, -0.2) is 26.3 Å². The summed E-state index contributed by atoms with van der Waals surface area (Å²) in [5.41, 5.74) is 1.58. The molecule has 0 radical (unpaired) electrons. The van der Waals surface area contributed by atoms with Crippen LogP contribution >= 0.6 is 11.3 Å². The van der Waals surface area contributed by atoms with Gasteiger partial charge in [-0.25, -0.2) is 4.39 Å². The summed E-state index contributed by atoms with van der Waals surface area (Å²) < 4.78 is 13.1. The van der Waals surface area contributed by atoms with Gasteiger partial charge in [-0.3, -0.25) is 15.2 Å². The third-order valence-corrected chi connectivity index (χ3v) is 5.01. The molecular formula is C17H18FN5OS. The van der Waals surface area contributed by atoms with Crippen molar-refractivity contribution in [2.45, 2.75) is 32.6 Å². The lowest BCUT2D eigenvalue weighted by Gasteiger charge is -2.06. The first-order valence-electron chi connectivity index (χ1n) is 8.06. The van der Waals surface area contributed by atoms with Gasteiger partial charge in [-0.05, 0) is 37.1 Å². The zero-order chi connectivity index (χ0) is 17.8. The van der Waals surface area contributed by atoms with Crippen molar-refractivity contribution in [2.24, 2.45) is 0 Å². The van der Waals surface area contributed by atoms with Gasteiger partial charge < -0.3 is 0 Å². The van der Waals surface area contributed by atoms with Gasteiger partial charge in [-0.15, -0.1) is 10.2 Å². The van der Waals surface area contributed by atoms with Gasteiger partial charge in [-0.2, -0.15) is 5.10 Å². The van der Waals surface area contributed by atoms with E-state index >= 15 is 0 Å². The Morgan fingerprint density at radius 1 is 1.24 bits per heavy atom. The van der Waals surface area contributed by atoms with Crippen LogP contribution in [0.4, 0.5) is 9.52 Å². The molecule has 130 valence electrons. The number of halogens is 1. The molecule has 2 aromatic heterocycles. The average molecular weight is 359 g/mol. The van der Waals surface area contributed by atoms with Crippen molar-refractivity contribution in [3.8, 4) is 11.3 Å². The summed E-state index contributed by atoms with van der Waals surface area (Å²) in [5, 5.41) is 19.1. The van der Waals surface area contributed by atoms with E-state index in [1.807, 2.05) is 0 Å². The highest BCUT2D eigenvalue weighted by Gasteiger charge is 2.19. The average Bonchev–Trinajstić information content (AvgIpc) is 3.26. The predicted octanol–water partition coefficient (Wildman–Crippen LogP) is 4.22. The molecule has 3 rings (SSSR count). The third-order valence-electron chi connectivity index (χ3n) is 4.01. The maximum atomic E-state index is 13.1. The number of anilines is 1. The topological polar surface area (TPSA) is 83.6 Å². The van der Waals surface area contributed by atoms with Gasteiger partial charge in [0.2, 0.25) is 5.13 Å². The number of rotatable bonds is 6. The van der Waals surface area contributed by atoms with Crippen LogP contribution in [0.25, 0.3) is 11.3 Å². The molecule has 2 N–H and O–H groups in total. The number of hydrogen-bond donors (Lipinski definition) is 2. The number of carbonyl (C=O) groups is 1. The second-order valence-corrected chi connectivity index (χ2v) is 6.59. The maximum absolute atomic E-state index is 13.1. The number of nitrogens with zero attached hydrogens (tertiary/aromatic N) is 3. The molecule has 0 aliphatic heterocycles. The smallest absolute Gasteiger partial charge is 0.261 e. The minimum absolute atomic E-state index is 0.333. The molecule has 2 heterocycles. The first-order valence-corrected chi connectivity index (χ1v) is 8.88. The summed E-state index contributed by atoms with van der Waals surface area (Å²) in [4.78, 5) is 12.5. The molecule has 8 heteroatoms. The lowest BCUT2D eigenvalue weighted by Crippen LogP contribution is -2.12. The van der Waals surface area contributed by atoms with Crippen LogP contribution in [0.5, 0.6) is 0 Å². The Morgan fingerprint density at radius 3 is 2.64 bits per heavy atom. The molecule has 0 spiro atoms. The van der Waals surface area contributed by atoms with E-state index in [9.17, 15) is 9.18 Å². The number of hydrogen-bond acceptors (Lipinski definition) is 5. The normalized spacial score (nSPS) is 11.0. The fraction of sp³-hybridized carbons (Fsp3) is 0.294. The van der Waals surface area contributed by atoms with Crippen LogP contribution in [0.3, 0.4) is 0 Å². The van der Waals surface area contributed by atoms with Crippen molar-refractivity contribution in [1.82, 2.24) is 20.4 Å². The zero-order valence-electron chi connectivity index (χ0n) is 13.9. The van der Waals surface area contributed by atoms with Crippen molar-refractivity contribution in [1.29, 1.82) is 0 Å². The highest BCUT2D eigenvalue weighted by Crippen LogP contribution is 2.29. The van der Waals surface area contributed by atoms with Crippen LogP contribution in [0.2, 0.25) is 0 Å². The van der Waals surface area contributed by atoms with Crippen LogP contribution in [-0.2, 0) is 0 Å². The van der Waals surface area contributed by atoms with E-state index in [2.05, 4.69) is 39.6 Å². The van der Waals surface area contributed by atoms with Crippen molar-refractivity contribution in [3.63, 3.8) is 0 Å². The molecule has 0 aliphatic carbocycles. The summed E-state index contributed by atoms with van der Waals surface area (Å²) in [6.45, 7) is 4.21. The predicted molar refractivity (Wildman–Crippen MR) is 95.2 cm³/mol. The van der Waals surface area contributed by atoms with E-state index in [-0.39, 0.29) is 11.7 Å². The molecule has 1 amide bonds. The van der Waals surface area contributed by atoms with Crippen LogP contribution < -0.4 is 5.32 Å². The molecule has 0 saturated heterocycles. The van der Waals surface area contributed by atoms with E-state index in [1.165, 1.54) is 29.7 Å². The van der Waals surface area contributed by atoms with Crippen LogP contribution in [0, 0.1) is 5.82 Å². The van der Waals surface area contributed by atoms with E-state index in [1.54, 1.807) is 12.1 Å². The van der Waals surface area contributed by atoms with Gasteiger partial charge in [0, 0.05) is 11.5 Å². The first-order chi connectivity index (χ1) is 12.1. The van der Waals surface area contributed by atoms with Gasteiger partial charge in [0.05, 0.1) is 17.5 Å². The monoisotopic (exact) mass is 359 g/mol. The largest absolute Gasteiger partial charge is 0.296 e. The van der Waals surface area contributed by atoms with Gasteiger partial charge in [0.1, 0.15) is 10.8 Å². The van der Waals surface area contributed by atoms with Gasteiger partial charge in [-0.1, -0.05) is 25.2 Å². The zero-order valence-corrected chi connectivity index (χ0v) is 14.7. The Hall–Kier alpha value is -2.61. The number of amides is 1. The second-order valence-electron chi connectivity index (χ2n) is 5.58. The van der Waals surface area contributed by atoms with E-state index in [0.717, 1.165) is 17.8 Å². The summed E-state index contributed by atoms with van der Waals surface area (Å²) in [7, 11) is 0. The first kappa shape index (κ1) is 17.2. The van der Waals surface area contributed by atoms with Crippen molar-refractivity contribution >= 4 is 22.4 Å². The standard InChI is InChI=1S/C17H18FN5OS/c1-3-10(4-2)16-22-23-17(25-16)20-15(24)13-9-19-21-14(13)11-5-7-12(18)8-6-11/h5-10H,3-4H2,1-2H3,(H,19,21)(H,20,23,24). The number of carbonyl (C=O) groups excluding carboxylic acids is 1. The minimum atomic E-state index is -0.336. The number of aromatic amines is 1. The van der Waals surface area contributed by atoms with Gasteiger partial charge >= 0.3 is 0 Å². The Labute approximate surface area is 148 Å². The summed E-state index contributed by atoms with van der Waals surface area (Å²) in [6.07, 6.45) is 3.40. The second kappa shape index (κ2) is 7.52. The molecule has 0 unspecified atom stereocenters. The number of nitrogens with one attached hydrogen (secondary N) is 2. The van der Waals surface area contributed by atoms with Crippen molar-refractivity contribution < 1.29 is 9.18 Å². The lowest BCUT2D eigenvalue weighted by atomic mass is 10.1. The fourth-order valence-corrected chi connectivity index (χ4v) is 3.55. The number of benzene rings is 1. The molecule has 25 heavy (non-hydrogen) atoms. The molecule has 0 fully saturated rings. The third kappa shape index (κ3) is 3.74. The Balaban J connectivity index is 1.79. The molecule has 0 saturated carbocycles. The maximum Gasteiger partial charge on any atom is 0.261 e. The van der Waals surface area contributed by atoms with E-state index < -0.39 is 0 Å². The number of aromatic nitrogens is 4. The van der Waals surface area contributed by atoms with Crippen molar-refractivity contribution in [3.05, 3.63) is 46.9 Å². The molecule has 3 aromatic rings. The van der Waals surface area contributed by atoms with Crippen LogP contribution in [0.15, 0.2) is 30.5 Å². The lowest BCUT2D eigenvalue weighted by molar-refractivity contribution is 0.102. The van der Waals surface area contributed by atoms with E-state index in [0.29, 0.717) is 27.9 Å². The highest BCUT2D eigenvalue weighted by atomic mass is 32.1. The van der Waals surface area contributed by atoms with Gasteiger partial charge in [0.25, 0.3) is 5.91 Å². The Kier molecular flexibility index (Phi) is 5.18. The fourth-order valence-electron chi connectivity index (χ4n) is 2.55. The Morgan fingerprint density at radius 2 is 1.96 bits per heavy atom. The van der Waals surface area contributed by atoms with E-state index in [4.69, 9.17) is 0 Å². The molecule has 0 bridgehead atoms.